The molecule has 0 aromatic heterocycles. The van der Waals surface area contributed by atoms with Gasteiger partial charge in [0.1, 0.15) is 6.04 Å². The van der Waals surface area contributed by atoms with Crippen molar-refractivity contribution in [2.45, 2.75) is 12.0 Å². The lowest BCUT2D eigenvalue weighted by Gasteiger charge is -2.38. The van der Waals surface area contributed by atoms with Gasteiger partial charge in [-0.05, 0) is 0 Å². The normalized spacial score (nSPS) is 20.3. The molecule has 4 nitrogen and oxygen atoms in total. The van der Waals surface area contributed by atoms with Crippen LogP contribution in [0.4, 0.5) is 8.78 Å². The van der Waals surface area contributed by atoms with Crippen LogP contribution in [0.5, 0.6) is 0 Å². The Labute approximate surface area is 123 Å². The number of carbonyl (C=O) groups is 1. The largest absolute Gasteiger partial charge is 0.347 e. The molecule has 1 aromatic carbocycles. The van der Waals surface area contributed by atoms with Crippen molar-refractivity contribution in [2.75, 3.05) is 40.3 Å². The molecule has 1 amide bonds. The summed E-state index contributed by atoms with van der Waals surface area (Å²) in [6, 6.07) is 7.22. The number of nitrogens with one attached hydrogen (secondary N) is 1. The second kappa shape index (κ2) is 6.49. The molecule has 0 aliphatic carbocycles. The maximum Gasteiger partial charge on any atom is 0.285 e. The molecule has 0 spiro atoms. The molecule has 1 aromatic rings. The Kier molecular flexibility index (Phi) is 4.90. The molecular weight excluding hydrogens is 276 g/mol. The molecule has 1 N–H and O–H groups in total. The number of halogens is 2. The van der Waals surface area contributed by atoms with E-state index in [0.29, 0.717) is 19.6 Å². The van der Waals surface area contributed by atoms with Crippen molar-refractivity contribution in [2.24, 2.45) is 0 Å². The van der Waals surface area contributed by atoms with Gasteiger partial charge in [0.25, 0.3) is 5.92 Å². The van der Waals surface area contributed by atoms with E-state index in [4.69, 9.17) is 0 Å². The summed E-state index contributed by atoms with van der Waals surface area (Å²) in [4.78, 5) is 15.2. The average Bonchev–Trinajstić information content (AvgIpc) is 2.47. The van der Waals surface area contributed by atoms with Gasteiger partial charge in [-0.1, -0.05) is 30.3 Å². The highest BCUT2D eigenvalue weighted by Gasteiger charge is 2.39. The lowest BCUT2D eigenvalue weighted by Crippen LogP contribution is -2.59. The SMILES string of the molecule is CN(C)C(=O)C1CNCCN1CC(F)(F)c1ccccc1. The van der Waals surface area contributed by atoms with Crippen LogP contribution in [0.2, 0.25) is 0 Å². The number of hydrogen-bond donors (Lipinski definition) is 1. The van der Waals surface area contributed by atoms with Crippen LogP contribution in [0.25, 0.3) is 0 Å². The second-order valence-corrected chi connectivity index (χ2v) is 5.49. The van der Waals surface area contributed by atoms with Gasteiger partial charge in [-0.15, -0.1) is 0 Å². The zero-order valence-electron chi connectivity index (χ0n) is 12.4. The van der Waals surface area contributed by atoms with Gasteiger partial charge in [0.05, 0.1) is 6.54 Å². The first kappa shape index (κ1) is 15.9. The van der Waals surface area contributed by atoms with Gasteiger partial charge in [-0.25, -0.2) is 0 Å². The molecule has 1 heterocycles. The monoisotopic (exact) mass is 297 g/mol. The number of piperazine rings is 1. The molecule has 116 valence electrons. The minimum atomic E-state index is -2.97. The van der Waals surface area contributed by atoms with Crippen molar-refractivity contribution in [3.63, 3.8) is 0 Å². The van der Waals surface area contributed by atoms with E-state index in [1.54, 1.807) is 37.2 Å². The second-order valence-electron chi connectivity index (χ2n) is 5.49. The average molecular weight is 297 g/mol. The van der Waals surface area contributed by atoms with Gasteiger partial charge in [0.15, 0.2) is 0 Å². The van der Waals surface area contributed by atoms with E-state index in [1.807, 2.05) is 0 Å². The maximum absolute atomic E-state index is 14.4. The highest BCUT2D eigenvalue weighted by atomic mass is 19.3. The molecular formula is C15H21F2N3O. The highest BCUT2D eigenvalue weighted by molar-refractivity contribution is 5.81. The molecule has 6 heteroatoms. The van der Waals surface area contributed by atoms with E-state index in [1.165, 1.54) is 17.0 Å². The number of nitrogens with zero attached hydrogens (tertiary/aromatic N) is 2. The van der Waals surface area contributed by atoms with E-state index in [-0.39, 0.29) is 11.5 Å². The summed E-state index contributed by atoms with van der Waals surface area (Å²) in [6.45, 7) is 1.01. The van der Waals surface area contributed by atoms with Crippen LogP contribution in [0, 0.1) is 0 Å². The summed E-state index contributed by atoms with van der Waals surface area (Å²) in [5.74, 6) is -3.12. The fourth-order valence-corrected chi connectivity index (χ4v) is 2.51. The van der Waals surface area contributed by atoms with E-state index in [0.717, 1.165) is 0 Å². The summed E-state index contributed by atoms with van der Waals surface area (Å²) >= 11 is 0. The molecule has 0 saturated carbocycles. The van der Waals surface area contributed by atoms with Crippen LogP contribution in [0.3, 0.4) is 0 Å². The van der Waals surface area contributed by atoms with Gasteiger partial charge < -0.3 is 10.2 Å². The van der Waals surface area contributed by atoms with Gasteiger partial charge in [-0.3, -0.25) is 9.69 Å². The zero-order chi connectivity index (χ0) is 15.5. The third-order valence-electron chi connectivity index (χ3n) is 3.68. The van der Waals surface area contributed by atoms with Gasteiger partial charge in [-0.2, -0.15) is 8.78 Å². The molecule has 1 unspecified atom stereocenters. The summed E-state index contributed by atoms with van der Waals surface area (Å²) in [7, 11) is 3.29. The van der Waals surface area contributed by atoms with Crippen LogP contribution in [0.15, 0.2) is 30.3 Å². The molecule has 0 radical (unpaired) electrons. The lowest BCUT2D eigenvalue weighted by atomic mass is 10.1. The number of benzene rings is 1. The molecule has 0 bridgehead atoms. The van der Waals surface area contributed by atoms with E-state index < -0.39 is 18.5 Å². The molecule has 1 fully saturated rings. The standard InChI is InChI=1S/C15H21F2N3O/c1-19(2)14(21)13-10-18-8-9-20(13)11-15(16,17)12-6-4-3-5-7-12/h3-7,13,18H,8-11H2,1-2H3. The molecule has 1 aliphatic rings. The maximum atomic E-state index is 14.4. The number of carbonyl (C=O) groups excluding carboxylic acids is 1. The van der Waals surface area contributed by atoms with Crippen molar-refractivity contribution < 1.29 is 13.6 Å². The van der Waals surface area contributed by atoms with Crippen LogP contribution >= 0.6 is 0 Å². The number of likely N-dealkylation sites (N-methyl/N-ethyl adjacent to an activating group) is 1. The van der Waals surface area contributed by atoms with Crippen molar-refractivity contribution in [1.29, 1.82) is 0 Å². The Morgan fingerprint density at radius 1 is 1.38 bits per heavy atom. The van der Waals surface area contributed by atoms with E-state index >= 15 is 0 Å². The zero-order valence-corrected chi connectivity index (χ0v) is 12.4. The predicted octanol–water partition coefficient (Wildman–Crippen LogP) is 1.14. The fraction of sp³-hybridized carbons (Fsp3) is 0.533. The molecule has 1 aliphatic heterocycles. The van der Waals surface area contributed by atoms with Gasteiger partial charge in [0.2, 0.25) is 5.91 Å². The summed E-state index contributed by atoms with van der Waals surface area (Å²) in [6.07, 6.45) is 0. The van der Waals surface area contributed by atoms with Crippen LogP contribution in [0.1, 0.15) is 5.56 Å². The van der Waals surface area contributed by atoms with Crippen molar-refractivity contribution in [3.8, 4) is 0 Å². The smallest absolute Gasteiger partial charge is 0.285 e. The van der Waals surface area contributed by atoms with Crippen LogP contribution in [-0.4, -0.2) is 62.0 Å². The Morgan fingerprint density at radius 3 is 2.67 bits per heavy atom. The van der Waals surface area contributed by atoms with Crippen LogP contribution in [-0.2, 0) is 10.7 Å². The third-order valence-corrected chi connectivity index (χ3v) is 3.68. The summed E-state index contributed by atoms with van der Waals surface area (Å²) < 4.78 is 28.8. The number of hydrogen-bond acceptors (Lipinski definition) is 3. The summed E-state index contributed by atoms with van der Waals surface area (Å²) in [5.41, 5.74) is -0.0143. The number of amides is 1. The fourth-order valence-electron chi connectivity index (χ4n) is 2.51. The Hall–Kier alpha value is -1.53. The first-order valence-corrected chi connectivity index (χ1v) is 7.01. The number of alkyl halides is 2. The minimum absolute atomic E-state index is 0.0143. The lowest BCUT2D eigenvalue weighted by molar-refractivity contribution is -0.137. The first-order valence-electron chi connectivity index (χ1n) is 7.01. The highest BCUT2D eigenvalue weighted by Crippen LogP contribution is 2.29. The Morgan fingerprint density at radius 2 is 2.05 bits per heavy atom. The molecule has 1 atom stereocenters. The first-order chi connectivity index (χ1) is 9.92. The Bertz CT molecular complexity index is 479. The van der Waals surface area contributed by atoms with Gasteiger partial charge >= 0.3 is 0 Å². The van der Waals surface area contributed by atoms with Crippen LogP contribution < -0.4 is 5.32 Å². The number of rotatable bonds is 4. The molecule has 2 rings (SSSR count). The predicted molar refractivity (Wildman–Crippen MR) is 77.3 cm³/mol. The van der Waals surface area contributed by atoms with E-state index in [9.17, 15) is 13.6 Å². The summed E-state index contributed by atoms with van der Waals surface area (Å²) in [5, 5.41) is 3.09. The quantitative estimate of drug-likeness (QED) is 0.905. The van der Waals surface area contributed by atoms with Crippen molar-refractivity contribution in [3.05, 3.63) is 35.9 Å². The molecule has 1 saturated heterocycles. The molecule has 21 heavy (non-hydrogen) atoms. The Balaban J connectivity index is 2.13. The van der Waals surface area contributed by atoms with Crippen molar-refractivity contribution in [1.82, 2.24) is 15.1 Å². The topological polar surface area (TPSA) is 35.6 Å². The van der Waals surface area contributed by atoms with Crippen molar-refractivity contribution >= 4 is 5.91 Å². The van der Waals surface area contributed by atoms with Gasteiger partial charge in [0, 0.05) is 39.3 Å². The van der Waals surface area contributed by atoms with E-state index in [2.05, 4.69) is 5.32 Å². The third kappa shape index (κ3) is 3.77. The minimum Gasteiger partial charge on any atom is -0.347 e.